The van der Waals surface area contributed by atoms with E-state index in [1.807, 2.05) is 0 Å². The molecule has 4 heteroatoms. The zero-order chi connectivity index (χ0) is 10.3. The molecule has 0 aliphatic carbocycles. The largest absolute Gasteiger partial charge is 0.289 e. The summed E-state index contributed by atoms with van der Waals surface area (Å²) in [6.45, 7) is 0. The summed E-state index contributed by atoms with van der Waals surface area (Å²) in [6, 6.07) is 5.89. The Morgan fingerprint density at radius 3 is 2.85 bits per heavy atom. The van der Waals surface area contributed by atoms with Crippen LogP contribution in [0.25, 0.3) is 0 Å². The number of benzene rings is 1. The first-order valence-corrected chi connectivity index (χ1v) is 3.73. The maximum absolute atomic E-state index is 13.3. The van der Waals surface area contributed by atoms with Crippen molar-refractivity contribution >= 4 is 11.8 Å². The van der Waals surface area contributed by atoms with Crippen molar-refractivity contribution in [1.82, 2.24) is 5.31 Å². The van der Waals surface area contributed by atoms with Crippen molar-refractivity contribution in [3.05, 3.63) is 35.4 Å². The van der Waals surface area contributed by atoms with E-state index in [-0.39, 0.29) is 16.4 Å². The summed E-state index contributed by atoms with van der Waals surface area (Å²) in [7, 11) is 0. The molecule has 1 N–H and O–H groups in total. The van der Waals surface area contributed by atoms with Crippen molar-refractivity contribution in [2.24, 2.45) is 0 Å². The molecule has 0 bridgehead atoms. The van der Waals surface area contributed by atoms with E-state index in [9.17, 15) is 14.0 Å². The Morgan fingerprint density at radius 2 is 2.08 bits per heavy atom. The maximum atomic E-state index is 13.3. The Labute approximate surface area is 75.0 Å². The molecular weight excluding hydrogens is 173 g/mol. The SMILES string of the molecule is [2H]N1C(=O)c2ccccc2C(F)C1=O. The molecule has 1 aliphatic heterocycles. The fraction of sp³-hybridized carbons (Fsp3) is 0.111. The van der Waals surface area contributed by atoms with Crippen molar-refractivity contribution in [3.63, 3.8) is 0 Å². The van der Waals surface area contributed by atoms with Crippen molar-refractivity contribution in [3.8, 4) is 0 Å². The van der Waals surface area contributed by atoms with Crippen LogP contribution in [0, 0.1) is 0 Å². The van der Waals surface area contributed by atoms with Gasteiger partial charge in [-0.05, 0) is 6.07 Å². The second kappa shape index (κ2) is 2.65. The molecule has 1 atom stereocenters. The monoisotopic (exact) mass is 180 g/mol. The fourth-order valence-electron chi connectivity index (χ4n) is 1.26. The molecule has 1 heterocycles. The molecule has 1 aromatic rings. The molecule has 0 fully saturated rings. The van der Waals surface area contributed by atoms with Crippen LogP contribution < -0.4 is 5.31 Å². The van der Waals surface area contributed by atoms with E-state index < -0.39 is 18.0 Å². The molecule has 3 nitrogen and oxygen atoms in total. The Hall–Kier alpha value is -1.71. The Morgan fingerprint density at radius 1 is 1.38 bits per heavy atom. The quantitative estimate of drug-likeness (QED) is 0.604. The van der Waals surface area contributed by atoms with Crippen LogP contribution in [-0.4, -0.2) is 11.8 Å². The van der Waals surface area contributed by atoms with Crippen molar-refractivity contribution < 1.29 is 15.4 Å². The smallest absolute Gasteiger partial charge is 0.266 e. The van der Waals surface area contributed by atoms with E-state index in [1.54, 1.807) is 12.1 Å². The molecular formula is C9H6FNO2. The van der Waals surface area contributed by atoms with E-state index in [2.05, 4.69) is 0 Å². The van der Waals surface area contributed by atoms with Crippen LogP contribution in [0.4, 0.5) is 4.39 Å². The van der Waals surface area contributed by atoms with Gasteiger partial charge in [-0.25, -0.2) is 4.39 Å². The first-order valence-electron chi connectivity index (χ1n) is 4.18. The Bertz CT molecular complexity index is 421. The summed E-state index contributed by atoms with van der Waals surface area (Å²) in [5.74, 6) is -1.91. The summed E-state index contributed by atoms with van der Waals surface area (Å²) in [5, 5.41) is 0.0625. The van der Waals surface area contributed by atoms with Crippen molar-refractivity contribution in [2.75, 3.05) is 0 Å². The lowest BCUT2D eigenvalue weighted by atomic mass is 9.99. The molecule has 13 heavy (non-hydrogen) atoms. The third-order valence-electron chi connectivity index (χ3n) is 1.89. The van der Waals surface area contributed by atoms with E-state index in [0.29, 0.717) is 0 Å². The first-order chi connectivity index (χ1) is 6.63. The van der Waals surface area contributed by atoms with Crippen molar-refractivity contribution in [2.45, 2.75) is 6.17 Å². The van der Waals surface area contributed by atoms with Crippen molar-refractivity contribution in [1.29, 1.82) is 0 Å². The average molecular weight is 180 g/mol. The number of carbonyl (C=O) groups is 2. The van der Waals surface area contributed by atoms with Crippen LogP contribution in [0.3, 0.4) is 0 Å². The number of carbonyl (C=O) groups excluding carboxylic acids is 2. The third-order valence-corrected chi connectivity index (χ3v) is 1.89. The zero-order valence-electron chi connectivity index (χ0n) is 7.53. The number of imide groups is 1. The molecule has 0 spiro atoms. The highest BCUT2D eigenvalue weighted by Gasteiger charge is 2.31. The van der Waals surface area contributed by atoms with Gasteiger partial charge in [-0.15, -0.1) is 0 Å². The molecule has 2 amide bonds. The minimum absolute atomic E-state index is 0.0472. The predicted octanol–water partition coefficient (Wildman–Crippen LogP) is 0.967. The maximum Gasteiger partial charge on any atom is 0.266 e. The van der Waals surface area contributed by atoms with Crippen LogP contribution in [-0.2, 0) is 4.79 Å². The van der Waals surface area contributed by atoms with Gasteiger partial charge in [0.2, 0.25) is 6.17 Å². The normalized spacial score (nSPS) is 22.7. The highest BCUT2D eigenvalue weighted by atomic mass is 19.1. The molecule has 1 unspecified atom stereocenters. The fourth-order valence-corrected chi connectivity index (χ4v) is 1.26. The van der Waals surface area contributed by atoms with Gasteiger partial charge in [0.1, 0.15) is 0 Å². The summed E-state index contributed by atoms with van der Waals surface area (Å²) < 4.78 is 20.4. The minimum atomic E-state index is -1.90. The van der Waals surface area contributed by atoms with Gasteiger partial charge < -0.3 is 0 Å². The number of amides is 2. The number of rotatable bonds is 0. The second-order valence-corrected chi connectivity index (χ2v) is 2.70. The summed E-state index contributed by atoms with van der Waals surface area (Å²) in [5.41, 5.74) is 0.126. The van der Waals surface area contributed by atoms with E-state index in [4.69, 9.17) is 1.41 Å². The van der Waals surface area contributed by atoms with E-state index in [1.165, 1.54) is 12.1 Å². The molecule has 2 rings (SSSR count). The van der Waals surface area contributed by atoms with E-state index in [0.717, 1.165) is 0 Å². The number of fused-ring (bicyclic) bond motifs is 1. The first kappa shape index (κ1) is 6.77. The predicted molar refractivity (Wildman–Crippen MR) is 42.8 cm³/mol. The standard InChI is InChI=1S/C9H6FNO2/c10-7-5-3-1-2-4-6(5)8(12)11-9(7)13/h1-4,7H,(H,11,12,13)/i/hD. The average Bonchev–Trinajstić information content (AvgIpc) is 2.23. The highest BCUT2D eigenvalue weighted by Crippen LogP contribution is 2.25. The Kier molecular flexibility index (Phi) is 1.38. The van der Waals surface area contributed by atoms with Gasteiger partial charge in [0, 0.05) is 11.1 Å². The van der Waals surface area contributed by atoms with Crippen LogP contribution in [0.15, 0.2) is 24.3 Å². The molecule has 0 aromatic heterocycles. The van der Waals surface area contributed by atoms with Gasteiger partial charge in [-0.2, -0.15) is 0 Å². The van der Waals surface area contributed by atoms with Crippen LogP contribution in [0.5, 0.6) is 0 Å². The van der Waals surface area contributed by atoms with Gasteiger partial charge in [-0.3, -0.25) is 14.9 Å². The van der Waals surface area contributed by atoms with Crippen LogP contribution in [0.2, 0.25) is 1.41 Å². The topological polar surface area (TPSA) is 46.2 Å². The number of hydrogen-bond acceptors (Lipinski definition) is 2. The molecule has 1 aliphatic rings. The number of halogens is 1. The third kappa shape index (κ3) is 1.11. The van der Waals surface area contributed by atoms with Gasteiger partial charge >= 0.3 is 0 Å². The minimum Gasteiger partial charge on any atom is -0.289 e. The van der Waals surface area contributed by atoms with Crippen LogP contribution in [0.1, 0.15) is 22.1 Å². The zero-order valence-corrected chi connectivity index (χ0v) is 6.53. The lowest BCUT2D eigenvalue weighted by molar-refractivity contribution is -0.125. The summed E-state index contributed by atoms with van der Waals surface area (Å²) >= 11 is 0. The number of nitrogens with one attached hydrogen (secondary N) is 1. The molecule has 66 valence electrons. The highest BCUT2D eigenvalue weighted by molar-refractivity contribution is 6.10. The van der Waals surface area contributed by atoms with Gasteiger partial charge in [0.15, 0.2) is 1.41 Å². The second-order valence-electron chi connectivity index (χ2n) is 2.70. The number of hydrogen-bond donors (Lipinski definition) is 1. The summed E-state index contributed by atoms with van der Waals surface area (Å²) in [4.78, 5) is 22.4. The lowest BCUT2D eigenvalue weighted by Crippen LogP contribution is -2.38. The van der Waals surface area contributed by atoms with Gasteiger partial charge in [0.05, 0.1) is 0 Å². The van der Waals surface area contributed by atoms with Crippen LogP contribution >= 0.6 is 0 Å². The molecule has 0 saturated carbocycles. The van der Waals surface area contributed by atoms with Gasteiger partial charge in [0.25, 0.3) is 11.8 Å². The molecule has 0 radical (unpaired) electrons. The molecule has 0 saturated heterocycles. The van der Waals surface area contributed by atoms with E-state index >= 15 is 0 Å². The lowest BCUT2D eigenvalue weighted by Gasteiger charge is -2.17. The number of alkyl halides is 1. The Balaban J connectivity index is 2.62. The molecule has 1 aromatic carbocycles. The summed E-state index contributed by atoms with van der Waals surface area (Å²) in [6.07, 6.45) is -1.90. The van der Waals surface area contributed by atoms with Gasteiger partial charge in [-0.1, -0.05) is 18.2 Å².